The number of hydrogen-bond acceptors (Lipinski definition) is 4. The number of para-hydroxylation sites is 1. The molecule has 0 saturated carbocycles. The van der Waals surface area contributed by atoms with Crippen LogP contribution in [0.5, 0.6) is 0 Å². The van der Waals surface area contributed by atoms with E-state index in [1.54, 1.807) is 23.1 Å². The van der Waals surface area contributed by atoms with Crippen LogP contribution in [0.1, 0.15) is 18.9 Å². The molecule has 0 spiro atoms. The van der Waals surface area contributed by atoms with E-state index in [-0.39, 0.29) is 5.91 Å². The number of benzene rings is 1. The Morgan fingerprint density at radius 3 is 3.00 bits per heavy atom. The first kappa shape index (κ1) is 12.7. The third kappa shape index (κ3) is 2.39. The van der Waals surface area contributed by atoms with Gasteiger partial charge in [-0.15, -0.1) is 0 Å². The van der Waals surface area contributed by atoms with Crippen molar-refractivity contribution >= 4 is 28.5 Å². The fourth-order valence-corrected chi connectivity index (χ4v) is 2.58. The lowest BCUT2D eigenvalue weighted by atomic mass is 10.2. The molecule has 0 unspecified atom stereocenters. The Morgan fingerprint density at radius 1 is 1.50 bits per heavy atom. The summed E-state index contributed by atoms with van der Waals surface area (Å²) >= 11 is 1.43. The lowest BCUT2D eigenvalue weighted by Crippen LogP contribution is -2.30. The summed E-state index contributed by atoms with van der Waals surface area (Å²) in [5.74, 6) is 0.375. The van der Waals surface area contributed by atoms with E-state index in [1.165, 1.54) is 11.8 Å². The van der Waals surface area contributed by atoms with Crippen LogP contribution in [0.4, 0.5) is 5.69 Å². The summed E-state index contributed by atoms with van der Waals surface area (Å²) < 4.78 is 0. The molecule has 0 atom stereocenters. The number of anilines is 1. The molecular formula is C13H13N3OS. The second-order valence-electron chi connectivity index (χ2n) is 3.81. The molecule has 0 radical (unpaired) electrons. The van der Waals surface area contributed by atoms with Crippen LogP contribution in [0.15, 0.2) is 29.3 Å². The van der Waals surface area contributed by atoms with Crippen molar-refractivity contribution < 1.29 is 4.79 Å². The molecule has 1 amide bonds. The minimum Gasteiger partial charge on any atom is -0.273 e. The van der Waals surface area contributed by atoms with Gasteiger partial charge >= 0.3 is 0 Å². The van der Waals surface area contributed by atoms with Gasteiger partial charge in [-0.1, -0.05) is 30.8 Å². The molecule has 0 N–H and O–H groups in total. The zero-order valence-corrected chi connectivity index (χ0v) is 10.9. The minimum absolute atomic E-state index is 0.0162. The van der Waals surface area contributed by atoms with Crippen LogP contribution < -0.4 is 4.90 Å². The molecule has 0 bridgehead atoms. The third-order valence-corrected chi connectivity index (χ3v) is 3.46. The van der Waals surface area contributed by atoms with Gasteiger partial charge in [0.25, 0.3) is 0 Å². The lowest BCUT2D eigenvalue weighted by molar-refractivity contribution is -0.115. The van der Waals surface area contributed by atoms with Gasteiger partial charge in [-0.2, -0.15) is 5.26 Å². The minimum atomic E-state index is -0.0162. The van der Waals surface area contributed by atoms with E-state index < -0.39 is 0 Å². The topological polar surface area (TPSA) is 56.5 Å². The quantitative estimate of drug-likeness (QED) is 0.837. The number of carbonyl (C=O) groups is 1. The maximum atomic E-state index is 11.9. The first-order valence-corrected chi connectivity index (χ1v) is 6.75. The maximum Gasteiger partial charge on any atom is 0.243 e. The summed E-state index contributed by atoms with van der Waals surface area (Å²) in [5, 5.41) is 9.79. The number of carbonyl (C=O) groups excluding carboxylic acids is 1. The molecule has 1 aromatic carbocycles. The molecule has 0 aromatic heterocycles. The summed E-state index contributed by atoms with van der Waals surface area (Å²) in [5.41, 5.74) is 1.13. The summed E-state index contributed by atoms with van der Waals surface area (Å²) in [6.07, 6.45) is 0.936. The Hall–Kier alpha value is -1.80. The molecule has 1 saturated heterocycles. The number of nitrogens with zero attached hydrogens (tertiary/aromatic N) is 3. The molecule has 5 heteroatoms. The Kier molecular flexibility index (Phi) is 4.00. The van der Waals surface area contributed by atoms with Crippen LogP contribution >= 0.6 is 11.8 Å². The normalized spacial score (nSPS) is 17.2. The van der Waals surface area contributed by atoms with E-state index in [2.05, 4.69) is 11.1 Å². The van der Waals surface area contributed by atoms with Crippen molar-refractivity contribution in [1.29, 1.82) is 5.26 Å². The van der Waals surface area contributed by atoms with E-state index in [9.17, 15) is 4.79 Å². The van der Waals surface area contributed by atoms with Crippen molar-refractivity contribution in [1.82, 2.24) is 0 Å². The lowest BCUT2D eigenvalue weighted by Gasteiger charge is -2.17. The summed E-state index contributed by atoms with van der Waals surface area (Å²) in [6, 6.07) is 9.22. The molecule has 1 aromatic rings. The SMILES string of the molecule is CCCN=C1SCC(=O)N1c1ccccc1C#N. The standard InChI is InChI=1S/C13H13N3OS/c1-2-7-15-13-16(12(17)9-18-13)11-6-4-3-5-10(11)8-14/h3-6H,2,7,9H2,1H3. The van der Waals surface area contributed by atoms with Gasteiger partial charge in [0.1, 0.15) is 6.07 Å². The molecule has 1 heterocycles. The predicted molar refractivity (Wildman–Crippen MR) is 73.7 cm³/mol. The van der Waals surface area contributed by atoms with Crippen molar-refractivity contribution in [2.45, 2.75) is 13.3 Å². The molecule has 2 rings (SSSR count). The van der Waals surface area contributed by atoms with Crippen LogP contribution in [0.3, 0.4) is 0 Å². The third-order valence-electron chi connectivity index (χ3n) is 2.50. The predicted octanol–water partition coefficient (Wildman–Crippen LogP) is 2.40. The molecule has 18 heavy (non-hydrogen) atoms. The largest absolute Gasteiger partial charge is 0.273 e. The van der Waals surface area contributed by atoms with Crippen molar-refractivity contribution in [3.63, 3.8) is 0 Å². The van der Waals surface area contributed by atoms with Crippen LogP contribution in [-0.2, 0) is 4.79 Å². The van der Waals surface area contributed by atoms with Crippen LogP contribution in [0.2, 0.25) is 0 Å². The van der Waals surface area contributed by atoms with E-state index >= 15 is 0 Å². The van der Waals surface area contributed by atoms with Gasteiger partial charge in [0.15, 0.2) is 5.17 Å². The molecule has 1 fully saturated rings. The molecular weight excluding hydrogens is 246 g/mol. The van der Waals surface area contributed by atoms with Gasteiger partial charge < -0.3 is 0 Å². The van der Waals surface area contributed by atoms with Crippen LogP contribution in [0, 0.1) is 11.3 Å². The molecule has 1 aliphatic rings. The van der Waals surface area contributed by atoms with Crippen LogP contribution in [0.25, 0.3) is 0 Å². The van der Waals surface area contributed by atoms with E-state index in [0.29, 0.717) is 28.7 Å². The highest BCUT2D eigenvalue weighted by molar-refractivity contribution is 8.15. The first-order chi connectivity index (χ1) is 8.77. The first-order valence-electron chi connectivity index (χ1n) is 5.77. The fraction of sp³-hybridized carbons (Fsp3) is 0.308. The smallest absolute Gasteiger partial charge is 0.243 e. The number of aliphatic imine (C=N–C) groups is 1. The van der Waals surface area contributed by atoms with Gasteiger partial charge in [-0.25, -0.2) is 0 Å². The molecule has 4 nitrogen and oxygen atoms in total. The van der Waals surface area contributed by atoms with Crippen LogP contribution in [-0.4, -0.2) is 23.4 Å². The Morgan fingerprint density at radius 2 is 2.28 bits per heavy atom. The van der Waals surface area contributed by atoms with Crippen molar-refractivity contribution in [2.24, 2.45) is 4.99 Å². The van der Waals surface area contributed by atoms with Gasteiger partial charge in [-0.3, -0.25) is 14.7 Å². The number of nitriles is 1. The summed E-state index contributed by atoms with van der Waals surface area (Å²) in [6.45, 7) is 2.74. The molecule has 92 valence electrons. The second kappa shape index (κ2) is 5.69. The zero-order valence-electron chi connectivity index (χ0n) is 10.1. The Balaban J connectivity index is 2.41. The van der Waals surface area contributed by atoms with E-state index in [4.69, 9.17) is 5.26 Å². The zero-order chi connectivity index (χ0) is 13.0. The molecule has 1 aliphatic heterocycles. The number of amides is 1. The fourth-order valence-electron chi connectivity index (χ4n) is 1.69. The summed E-state index contributed by atoms with van der Waals surface area (Å²) in [4.78, 5) is 17.9. The highest BCUT2D eigenvalue weighted by Gasteiger charge is 2.30. The Bertz CT molecular complexity index is 533. The van der Waals surface area contributed by atoms with E-state index in [1.807, 2.05) is 13.0 Å². The number of thioether (sulfide) groups is 1. The number of amidine groups is 1. The maximum absolute atomic E-state index is 11.9. The van der Waals surface area contributed by atoms with Crippen molar-refractivity contribution in [3.8, 4) is 6.07 Å². The monoisotopic (exact) mass is 259 g/mol. The average molecular weight is 259 g/mol. The van der Waals surface area contributed by atoms with Crippen molar-refractivity contribution in [3.05, 3.63) is 29.8 Å². The van der Waals surface area contributed by atoms with Gasteiger partial charge in [0.05, 0.1) is 17.0 Å². The van der Waals surface area contributed by atoms with Gasteiger partial charge in [0.2, 0.25) is 5.91 Å². The van der Waals surface area contributed by atoms with E-state index in [0.717, 1.165) is 6.42 Å². The molecule has 0 aliphatic carbocycles. The number of hydrogen-bond donors (Lipinski definition) is 0. The highest BCUT2D eigenvalue weighted by Crippen LogP contribution is 2.29. The number of rotatable bonds is 3. The van der Waals surface area contributed by atoms with Crippen molar-refractivity contribution in [2.75, 3.05) is 17.2 Å². The summed E-state index contributed by atoms with van der Waals surface area (Å²) in [7, 11) is 0. The van der Waals surface area contributed by atoms with Gasteiger partial charge in [0, 0.05) is 6.54 Å². The second-order valence-corrected chi connectivity index (χ2v) is 4.75. The average Bonchev–Trinajstić information content (AvgIpc) is 2.77. The highest BCUT2D eigenvalue weighted by atomic mass is 32.2. The Labute approximate surface area is 110 Å². The van der Waals surface area contributed by atoms with Gasteiger partial charge in [-0.05, 0) is 18.6 Å².